The zero-order chi connectivity index (χ0) is 24.5. The lowest BCUT2D eigenvalue weighted by molar-refractivity contribution is -0.123. The average Bonchev–Trinajstić information content (AvgIpc) is 3.19. The lowest BCUT2D eigenvalue weighted by atomic mass is 9.89. The van der Waals surface area contributed by atoms with Crippen LogP contribution in [0.4, 0.5) is 0 Å². The minimum absolute atomic E-state index is 0.124. The summed E-state index contributed by atoms with van der Waals surface area (Å²) in [5.41, 5.74) is 8.90. The van der Waals surface area contributed by atoms with E-state index in [1.54, 1.807) is 39.7 Å². The number of aromatic nitrogens is 1. The monoisotopic (exact) mass is 476 g/mol. The molecule has 1 amide bonds. The third kappa shape index (κ3) is 4.23. The number of nitrogens with one attached hydrogen (secondary N) is 1. The minimum atomic E-state index is -0.124. The van der Waals surface area contributed by atoms with Gasteiger partial charge in [-0.15, -0.1) is 0 Å². The number of hydrazone groups is 1. The van der Waals surface area contributed by atoms with Crippen LogP contribution in [0.2, 0.25) is 0 Å². The molecule has 184 valence electrons. The summed E-state index contributed by atoms with van der Waals surface area (Å²) in [6.07, 6.45) is 4.90. The fourth-order valence-corrected chi connectivity index (χ4v) is 5.55. The molecule has 2 heterocycles. The fourth-order valence-electron chi connectivity index (χ4n) is 5.55. The molecule has 5 rings (SSSR count). The summed E-state index contributed by atoms with van der Waals surface area (Å²) in [7, 11) is 4.69. The van der Waals surface area contributed by atoms with Crippen molar-refractivity contribution >= 4 is 23.0 Å². The Morgan fingerprint density at radius 1 is 1.11 bits per heavy atom. The summed E-state index contributed by atoms with van der Waals surface area (Å²) >= 11 is 0. The Morgan fingerprint density at radius 2 is 1.89 bits per heavy atom. The molecule has 0 bridgehead atoms. The number of rotatable bonds is 7. The molecule has 8 nitrogen and oxygen atoms in total. The lowest BCUT2D eigenvalue weighted by Gasteiger charge is -2.39. The molecule has 2 aliphatic rings. The Labute approximate surface area is 205 Å². The van der Waals surface area contributed by atoms with Gasteiger partial charge in [-0.3, -0.25) is 9.69 Å². The number of nitrogens with zero attached hydrogens (tertiary/aromatic N) is 3. The maximum absolute atomic E-state index is 12.8. The number of hydrogen-bond acceptors (Lipinski definition) is 6. The standard InChI is InChI=1S/C27H32N4O4/c1-17-8-9-21-20(12-17)19-6-5-7-22-26(19)31(21)11-10-30(22)16-25(32)29-28-15-18-13-23(33-2)27(35-4)24(14-18)34-3/h8-9,12-15,22H,5-7,10-11,16H2,1-4H3,(H,29,32)/b28-15-. The molecule has 0 spiro atoms. The van der Waals surface area contributed by atoms with Crippen LogP contribution in [0, 0.1) is 6.92 Å². The Morgan fingerprint density at radius 3 is 2.60 bits per heavy atom. The van der Waals surface area contributed by atoms with E-state index in [1.165, 1.54) is 27.7 Å². The molecule has 1 atom stereocenters. The molecule has 1 aromatic heterocycles. The first kappa shape index (κ1) is 23.2. The van der Waals surface area contributed by atoms with Crippen LogP contribution in [0.15, 0.2) is 35.4 Å². The molecule has 1 aliphatic heterocycles. The smallest absolute Gasteiger partial charge is 0.254 e. The molecular weight excluding hydrogens is 444 g/mol. The van der Waals surface area contributed by atoms with E-state index in [-0.39, 0.29) is 11.9 Å². The number of carbonyl (C=O) groups excluding carboxylic acids is 1. The summed E-state index contributed by atoms with van der Waals surface area (Å²) in [4.78, 5) is 15.1. The third-order valence-corrected chi connectivity index (χ3v) is 7.08. The fraction of sp³-hybridized carbons (Fsp3) is 0.407. The van der Waals surface area contributed by atoms with Crippen molar-refractivity contribution < 1.29 is 19.0 Å². The van der Waals surface area contributed by atoms with Crippen LogP contribution >= 0.6 is 0 Å². The highest BCUT2D eigenvalue weighted by Crippen LogP contribution is 2.42. The molecule has 0 fully saturated rings. The van der Waals surface area contributed by atoms with E-state index in [2.05, 4.69) is 45.1 Å². The summed E-state index contributed by atoms with van der Waals surface area (Å²) in [5.74, 6) is 1.46. The molecule has 0 saturated carbocycles. The predicted octanol–water partition coefficient (Wildman–Crippen LogP) is 3.82. The van der Waals surface area contributed by atoms with Crippen molar-refractivity contribution in [2.75, 3.05) is 34.4 Å². The van der Waals surface area contributed by atoms with Crippen LogP contribution in [0.25, 0.3) is 10.9 Å². The van der Waals surface area contributed by atoms with Gasteiger partial charge in [0.05, 0.1) is 40.1 Å². The van der Waals surface area contributed by atoms with E-state index in [4.69, 9.17) is 14.2 Å². The first-order valence-corrected chi connectivity index (χ1v) is 12.0. The number of hydrogen-bond donors (Lipinski definition) is 1. The van der Waals surface area contributed by atoms with Crippen molar-refractivity contribution in [2.24, 2.45) is 5.10 Å². The van der Waals surface area contributed by atoms with Gasteiger partial charge in [0.15, 0.2) is 11.5 Å². The number of fused-ring (bicyclic) bond motifs is 3. The third-order valence-electron chi connectivity index (χ3n) is 7.08. The number of amides is 1. The molecule has 35 heavy (non-hydrogen) atoms. The Hall–Kier alpha value is -3.52. The van der Waals surface area contributed by atoms with Gasteiger partial charge in [-0.05, 0) is 56.0 Å². The summed E-state index contributed by atoms with van der Waals surface area (Å²) in [6, 6.07) is 10.6. The number of methoxy groups -OCH3 is 3. The molecule has 1 N–H and O–H groups in total. The number of ether oxygens (including phenoxy) is 3. The summed E-state index contributed by atoms with van der Waals surface area (Å²) in [5, 5.41) is 5.56. The summed E-state index contributed by atoms with van der Waals surface area (Å²) < 4.78 is 18.6. The van der Waals surface area contributed by atoms with Gasteiger partial charge in [-0.2, -0.15) is 5.10 Å². The van der Waals surface area contributed by atoms with Crippen LogP contribution in [0.5, 0.6) is 17.2 Å². The van der Waals surface area contributed by atoms with Crippen LogP contribution in [0.1, 0.15) is 41.3 Å². The zero-order valence-electron chi connectivity index (χ0n) is 20.8. The Kier molecular flexibility index (Phi) is 6.38. The van der Waals surface area contributed by atoms with Crippen molar-refractivity contribution in [1.82, 2.24) is 14.9 Å². The van der Waals surface area contributed by atoms with Crippen molar-refractivity contribution in [1.29, 1.82) is 0 Å². The normalized spacial score (nSPS) is 17.4. The van der Waals surface area contributed by atoms with E-state index in [1.807, 2.05) is 0 Å². The largest absolute Gasteiger partial charge is 0.493 e. The van der Waals surface area contributed by atoms with E-state index in [0.29, 0.717) is 23.8 Å². The van der Waals surface area contributed by atoms with Crippen LogP contribution in [-0.2, 0) is 17.8 Å². The van der Waals surface area contributed by atoms with Crippen LogP contribution in [0.3, 0.4) is 0 Å². The topological polar surface area (TPSA) is 77.3 Å². The molecule has 3 aromatic rings. The van der Waals surface area contributed by atoms with Crippen molar-refractivity contribution in [3.8, 4) is 17.2 Å². The molecule has 1 unspecified atom stereocenters. The summed E-state index contributed by atoms with van der Waals surface area (Å²) in [6.45, 7) is 4.21. The van der Waals surface area contributed by atoms with Gasteiger partial charge in [0.25, 0.3) is 5.91 Å². The van der Waals surface area contributed by atoms with E-state index in [9.17, 15) is 4.79 Å². The van der Waals surface area contributed by atoms with Crippen LogP contribution in [-0.4, -0.2) is 56.0 Å². The van der Waals surface area contributed by atoms with Gasteiger partial charge < -0.3 is 18.8 Å². The van der Waals surface area contributed by atoms with Gasteiger partial charge in [-0.1, -0.05) is 11.6 Å². The molecular formula is C27H32N4O4. The van der Waals surface area contributed by atoms with E-state index < -0.39 is 0 Å². The van der Waals surface area contributed by atoms with Gasteiger partial charge in [0, 0.05) is 35.2 Å². The first-order chi connectivity index (χ1) is 17.0. The maximum Gasteiger partial charge on any atom is 0.254 e. The molecule has 0 saturated heterocycles. The second-order valence-corrected chi connectivity index (χ2v) is 9.17. The highest BCUT2D eigenvalue weighted by atomic mass is 16.5. The molecule has 1 aliphatic carbocycles. The quantitative estimate of drug-likeness (QED) is 0.414. The molecule has 0 radical (unpaired) electrons. The number of carbonyl (C=O) groups is 1. The first-order valence-electron chi connectivity index (χ1n) is 12.0. The predicted molar refractivity (Wildman–Crippen MR) is 136 cm³/mol. The van der Waals surface area contributed by atoms with E-state index in [0.717, 1.165) is 37.9 Å². The second-order valence-electron chi connectivity index (χ2n) is 9.17. The van der Waals surface area contributed by atoms with E-state index >= 15 is 0 Å². The Bertz CT molecular complexity index is 1270. The SMILES string of the molecule is COc1cc(/C=N\NC(=O)CN2CCn3c4c(c5cc(C)ccc53)CCCC42)cc(OC)c1OC. The number of benzene rings is 2. The van der Waals surface area contributed by atoms with Gasteiger partial charge in [0.2, 0.25) is 5.75 Å². The van der Waals surface area contributed by atoms with Gasteiger partial charge >= 0.3 is 0 Å². The van der Waals surface area contributed by atoms with Crippen molar-refractivity contribution in [3.63, 3.8) is 0 Å². The maximum atomic E-state index is 12.8. The molecule has 8 heteroatoms. The number of aryl methyl sites for hydroxylation is 2. The zero-order valence-corrected chi connectivity index (χ0v) is 20.8. The molecule has 2 aromatic carbocycles. The minimum Gasteiger partial charge on any atom is -0.493 e. The van der Waals surface area contributed by atoms with Crippen molar-refractivity contribution in [3.05, 3.63) is 52.7 Å². The van der Waals surface area contributed by atoms with Gasteiger partial charge in [0.1, 0.15) is 0 Å². The highest BCUT2D eigenvalue weighted by molar-refractivity contribution is 5.87. The van der Waals surface area contributed by atoms with Crippen LogP contribution < -0.4 is 19.6 Å². The Balaban J connectivity index is 1.30. The highest BCUT2D eigenvalue weighted by Gasteiger charge is 2.35. The average molecular weight is 477 g/mol. The lowest BCUT2D eigenvalue weighted by Crippen LogP contribution is -2.44. The second kappa shape index (κ2) is 9.62. The van der Waals surface area contributed by atoms with Gasteiger partial charge in [-0.25, -0.2) is 5.43 Å². The van der Waals surface area contributed by atoms with Crippen molar-refractivity contribution in [2.45, 2.75) is 38.8 Å².